The van der Waals surface area contributed by atoms with E-state index < -0.39 is 0 Å². The van der Waals surface area contributed by atoms with Crippen molar-refractivity contribution in [2.75, 3.05) is 25.1 Å². The number of anilines is 2. The van der Waals surface area contributed by atoms with Gasteiger partial charge in [-0.25, -0.2) is 4.98 Å². The Balaban J connectivity index is 1.72. The summed E-state index contributed by atoms with van der Waals surface area (Å²) >= 11 is 3.52. The number of pyridine rings is 1. The second kappa shape index (κ2) is 9.52. The molecular weight excluding hydrogens is 418 g/mol. The molecule has 6 heteroatoms. The van der Waals surface area contributed by atoms with Gasteiger partial charge in [-0.3, -0.25) is 4.79 Å². The number of aryl methyl sites for hydroxylation is 1. The van der Waals surface area contributed by atoms with E-state index in [1.807, 2.05) is 25.1 Å². The first-order chi connectivity index (χ1) is 13.4. The summed E-state index contributed by atoms with van der Waals surface area (Å²) in [4.78, 5) is 17.2. The lowest BCUT2D eigenvalue weighted by Gasteiger charge is -2.22. The van der Waals surface area contributed by atoms with Gasteiger partial charge in [0.1, 0.15) is 5.82 Å². The second-order valence-electron chi connectivity index (χ2n) is 7.67. The van der Waals surface area contributed by atoms with Crippen LogP contribution >= 0.6 is 15.9 Å². The average molecular weight is 446 g/mol. The molecule has 0 spiro atoms. The van der Waals surface area contributed by atoms with Crippen LogP contribution in [0.1, 0.15) is 54.1 Å². The fraction of sp³-hybridized carbons (Fsp3) is 0.455. The third kappa shape index (κ3) is 5.32. The number of aromatic nitrogens is 1. The molecule has 1 amide bonds. The van der Waals surface area contributed by atoms with E-state index in [1.165, 1.54) is 0 Å². The molecule has 0 aliphatic carbocycles. The van der Waals surface area contributed by atoms with Gasteiger partial charge >= 0.3 is 0 Å². The van der Waals surface area contributed by atoms with E-state index in [4.69, 9.17) is 4.74 Å². The first-order valence-electron chi connectivity index (χ1n) is 9.83. The smallest absolute Gasteiger partial charge is 0.253 e. The van der Waals surface area contributed by atoms with Crippen molar-refractivity contribution in [1.29, 1.82) is 0 Å². The van der Waals surface area contributed by atoms with Gasteiger partial charge in [-0.05, 0) is 67.0 Å². The molecular formula is C22H28BrN3O2. The zero-order valence-corrected chi connectivity index (χ0v) is 18.3. The normalized spacial score (nSPS) is 14.9. The predicted molar refractivity (Wildman–Crippen MR) is 116 cm³/mol. The van der Waals surface area contributed by atoms with E-state index in [2.05, 4.69) is 51.5 Å². The maximum Gasteiger partial charge on any atom is 0.253 e. The highest BCUT2D eigenvalue weighted by molar-refractivity contribution is 9.10. The third-order valence-electron chi connectivity index (χ3n) is 5.13. The van der Waals surface area contributed by atoms with Crippen LogP contribution in [0.25, 0.3) is 0 Å². The van der Waals surface area contributed by atoms with E-state index in [1.54, 1.807) is 6.20 Å². The van der Waals surface area contributed by atoms with Crippen LogP contribution in [-0.4, -0.2) is 30.6 Å². The summed E-state index contributed by atoms with van der Waals surface area (Å²) < 4.78 is 6.46. The fourth-order valence-electron chi connectivity index (χ4n) is 3.36. The van der Waals surface area contributed by atoms with Gasteiger partial charge in [0.2, 0.25) is 0 Å². The number of benzene rings is 1. The second-order valence-corrected chi connectivity index (χ2v) is 8.52. The Morgan fingerprint density at radius 2 is 2.04 bits per heavy atom. The highest BCUT2D eigenvalue weighted by atomic mass is 79.9. The van der Waals surface area contributed by atoms with Crippen molar-refractivity contribution in [2.45, 2.75) is 39.5 Å². The molecule has 2 aromatic rings. The molecule has 1 fully saturated rings. The van der Waals surface area contributed by atoms with Crippen LogP contribution in [0.4, 0.5) is 11.5 Å². The zero-order chi connectivity index (χ0) is 20.1. The highest BCUT2D eigenvalue weighted by Gasteiger charge is 2.19. The van der Waals surface area contributed by atoms with Gasteiger partial charge in [0.25, 0.3) is 5.91 Å². The van der Waals surface area contributed by atoms with Gasteiger partial charge in [0.05, 0.1) is 5.56 Å². The first kappa shape index (κ1) is 20.8. The lowest BCUT2D eigenvalue weighted by molar-refractivity contribution is 0.0642. The average Bonchev–Trinajstić information content (AvgIpc) is 2.69. The largest absolute Gasteiger partial charge is 0.381 e. The van der Waals surface area contributed by atoms with E-state index >= 15 is 0 Å². The van der Waals surface area contributed by atoms with E-state index in [0.717, 1.165) is 53.2 Å². The summed E-state index contributed by atoms with van der Waals surface area (Å²) in [5.74, 6) is 1.41. The zero-order valence-electron chi connectivity index (χ0n) is 16.7. The number of halogens is 1. The number of carbonyl (C=O) groups excluding carboxylic acids is 1. The quantitative estimate of drug-likeness (QED) is 0.642. The molecule has 1 aliphatic heterocycles. The van der Waals surface area contributed by atoms with Crippen LogP contribution in [-0.2, 0) is 4.74 Å². The topological polar surface area (TPSA) is 63.2 Å². The summed E-state index contributed by atoms with van der Waals surface area (Å²) in [7, 11) is 0. The Bertz CT molecular complexity index is 833. The SMILES string of the molecule is Cc1cc(Nc2cc(C(C)C)c(C(=O)NCC3CCOCC3)cn2)ccc1Br. The third-order valence-corrected chi connectivity index (χ3v) is 6.01. The summed E-state index contributed by atoms with van der Waals surface area (Å²) in [5, 5.41) is 6.43. The molecule has 0 saturated carbocycles. The van der Waals surface area contributed by atoms with E-state index in [-0.39, 0.29) is 11.8 Å². The van der Waals surface area contributed by atoms with Gasteiger partial charge in [0, 0.05) is 36.1 Å². The highest BCUT2D eigenvalue weighted by Crippen LogP contribution is 2.26. The number of hydrogen-bond acceptors (Lipinski definition) is 4. The van der Waals surface area contributed by atoms with Crippen molar-refractivity contribution in [3.05, 3.63) is 51.6 Å². The minimum Gasteiger partial charge on any atom is -0.381 e. The van der Waals surface area contributed by atoms with Crippen LogP contribution in [0.2, 0.25) is 0 Å². The molecule has 1 aromatic carbocycles. The molecule has 0 unspecified atom stereocenters. The maximum atomic E-state index is 12.8. The summed E-state index contributed by atoms with van der Waals surface area (Å²) in [5.41, 5.74) is 3.77. The van der Waals surface area contributed by atoms with Crippen LogP contribution in [0.5, 0.6) is 0 Å². The molecule has 1 saturated heterocycles. The van der Waals surface area contributed by atoms with Crippen LogP contribution in [0.3, 0.4) is 0 Å². The van der Waals surface area contributed by atoms with Crippen LogP contribution in [0, 0.1) is 12.8 Å². The summed E-state index contributed by atoms with van der Waals surface area (Å²) in [6.45, 7) is 8.51. The Morgan fingerprint density at radius 3 is 2.71 bits per heavy atom. The number of rotatable bonds is 6. The summed E-state index contributed by atoms with van der Waals surface area (Å²) in [6, 6.07) is 8.06. The van der Waals surface area contributed by atoms with Crippen molar-refractivity contribution >= 4 is 33.3 Å². The minimum absolute atomic E-state index is 0.0475. The number of ether oxygens (including phenoxy) is 1. The number of amides is 1. The molecule has 0 radical (unpaired) electrons. The monoisotopic (exact) mass is 445 g/mol. The number of nitrogens with zero attached hydrogens (tertiary/aromatic N) is 1. The van der Waals surface area contributed by atoms with E-state index in [0.29, 0.717) is 18.0 Å². The Labute approximate surface area is 175 Å². The van der Waals surface area contributed by atoms with Gasteiger partial charge in [-0.15, -0.1) is 0 Å². The number of carbonyl (C=O) groups is 1. The molecule has 150 valence electrons. The van der Waals surface area contributed by atoms with Crippen molar-refractivity contribution in [3.8, 4) is 0 Å². The molecule has 2 N–H and O–H groups in total. The van der Waals surface area contributed by atoms with Crippen LogP contribution < -0.4 is 10.6 Å². The van der Waals surface area contributed by atoms with Gasteiger partial charge < -0.3 is 15.4 Å². The molecule has 3 rings (SSSR count). The van der Waals surface area contributed by atoms with Crippen molar-refractivity contribution in [1.82, 2.24) is 10.3 Å². The molecule has 0 bridgehead atoms. The molecule has 28 heavy (non-hydrogen) atoms. The van der Waals surface area contributed by atoms with Crippen molar-refractivity contribution < 1.29 is 9.53 Å². The molecule has 0 atom stereocenters. The maximum absolute atomic E-state index is 12.8. The lowest BCUT2D eigenvalue weighted by atomic mass is 9.97. The standard InChI is InChI=1S/C22H28BrN3O2/c1-14(2)18-11-21(26-17-4-5-20(23)15(3)10-17)24-13-19(18)22(27)25-12-16-6-8-28-9-7-16/h4-5,10-11,13-14,16H,6-9,12H2,1-3H3,(H,24,26)(H,25,27). The minimum atomic E-state index is -0.0475. The number of hydrogen-bond donors (Lipinski definition) is 2. The van der Waals surface area contributed by atoms with Crippen molar-refractivity contribution in [2.24, 2.45) is 5.92 Å². The Kier molecular flexibility index (Phi) is 7.08. The van der Waals surface area contributed by atoms with Gasteiger partial charge in [-0.1, -0.05) is 29.8 Å². The molecule has 2 heterocycles. The Hall–Kier alpha value is -1.92. The fourth-order valence-corrected chi connectivity index (χ4v) is 3.61. The first-order valence-corrected chi connectivity index (χ1v) is 10.6. The predicted octanol–water partition coefficient (Wildman–Crippen LogP) is 5.18. The van der Waals surface area contributed by atoms with E-state index in [9.17, 15) is 4.79 Å². The van der Waals surface area contributed by atoms with Crippen LogP contribution in [0.15, 0.2) is 34.9 Å². The van der Waals surface area contributed by atoms with Crippen molar-refractivity contribution in [3.63, 3.8) is 0 Å². The lowest BCUT2D eigenvalue weighted by Crippen LogP contribution is -2.32. The van der Waals surface area contributed by atoms with Gasteiger partial charge in [0.15, 0.2) is 0 Å². The number of nitrogens with one attached hydrogen (secondary N) is 2. The molecule has 5 nitrogen and oxygen atoms in total. The molecule has 1 aliphatic rings. The Morgan fingerprint density at radius 1 is 1.29 bits per heavy atom. The van der Waals surface area contributed by atoms with Gasteiger partial charge in [-0.2, -0.15) is 0 Å². The molecule has 1 aromatic heterocycles. The summed E-state index contributed by atoms with van der Waals surface area (Å²) in [6.07, 6.45) is 3.69.